The Morgan fingerprint density at radius 2 is 1.89 bits per heavy atom. The number of nitro groups is 1. The van der Waals surface area contributed by atoms with E-state index in [1.165, 1.54) is 30.3 Å². The largest absolute Gasteiger partial charge is 0.483 e. The highest BCUT2D eigenvalue weighted by atomic mass is 35.5. The number of carbonyl (C=O) groups excluding carboxylic acids is 3. The summed E-state index contributed by atoms with van der Waals surface area (Å²) >= 11 is 6.90. The Bertz CT molecular complexity index is 1420. The summed E-state index contributed by atoms with van der Waals surface area (Å²) in [5.74, 6) is -0.572. The number of nitrogens with zero attached hydrogens (tertiary/aromatic N) is 2. The van der Waals surface area contributed by atoms with Crippen LogP contribution >= 0.6 is 23.4 Å². The van der Waals surface area contributed by atoms with Gasteiger partial charge in [-0.2, -0.15) is 0 Å². The Morgan fingerprint density at radius 3 is 2.59 bits per heavy atom. The number of imide groups is 1. The van der Waals surface area contributed by atoms with Gasteiger partial charge in [0.05, 0.1) is 16.4 Å². The average Bonchev–Trinajstić information content (AvgIpc) is 3.11. The van der Waals surface area contributed by atoms with Crippen molar-refractivity contribution < 1.29 is 24.0 Å². The zero-order chi connectivity index (χ0) is 26.5. The third-order valence-corrected chi connectivity index (χ3v) is 6.42. The first kappa shape index (κ1) is 25.9. The summed E-state index contributed by atoms with van der Waals surface area (Å²) in [7, 11) is 0. The van der Waals surface area contributed by atoms with Crippen LogP contribution in [0.25, 0.3) is 6.08 Å². The molecular formula is C26H20ClN3O6S. The predicted molar refractivity (Wildman–Crippen MR) is 141 cm³/mol. The summed E-state index contributed by atoms with van der Waals surface area (Å²) in [4.78, 5) is 49.4. The number of aryl methyl sites for hydroxylation is 1. The minimum Gasteiger partial charge on any atom is -0.483 e. The summed E-state index contributed by atoms with van der Waals surface area (Å²) in [6.07, 6.45) is 1.49. The van der Waals surface area contributed by atoms with Crippen LogP contribution in [0.4, 0.5) is 16.2 Å². The lowest BCUT2D eigenvalue weighted by Gasteiger charge is -2.12. The topological polar surface area (TPSA) is 119 Å². The van der Waals surface area contributed by atoms with Crippen LogP contribution in [0.15, 0.2) is 71.6 Å². The van der Waals surface area contributed by atoms with Crippen molar-refractivity contribution in [1.29, 1.82) is 0 Å². The lowest BCUT2D eigenvalue weighted by molar-refractivity contribution is -0.384. The van der Waals surface area contributed by atoms with E-state index in [2.05, 4.69) is 5.32 Å². The van der Waals surface area contributed by atoms with E-state index in [1.54, 1.807) is 24.3 Å². The zero-order valence-corrected chi connectivity index (χ0v) is 21.0. The van der Waals surface area contributed by atoms with Crippen molar-refractivity contribution in [2.75, 3.05) is 11.9 Å². The molecule has 0 bridgehead atoms. The molecule has 0 aliphatic carbocycles. The fourth-order valence-electron chi connectivity index (χ4n) is 3.51. The van der Waals surface area contributed by atoms with E-state index in [0.29, 0.717) is 27.6 Å². The number of carbonyl (C=O) groups is 3. The molecule has 4 rings (SSSR count). The molecule has 188 valence electrons. The van der Waals surface area contributed by atoms with Crippen LogP contribution in [0, 0.1) is 17.0 Å². The van der Waals surface area contributed by atoms with Gasteiger partial charge in [-0.15, -0.1) is 0 Å². The van der Waals surface area contributed by atoms with E-state index in [-0.39, 0.29) is 29.7 Å². The third kappa shape index (κ3) is 6.54. The molecule has 0 unspecified atom stereocenters. The molecule has 3 aromatic rings. The lowest BCUT2D eigenvalue weighted by Crippen LogP contribution is -2.27. The maximum atomic E-state index is 13.0. The van der Waals surface area contributed by atoms with Crippen LogP contribution in [0.1, 0.15) is 16.7 Å². The number of nitrogens with one attached hydrogen (secondary N) is 1. The van der Waals surface area contributed by atoms with Crippen LogP contribution in [-0.4, -0.2) is 33.5 Å². The van der Waals surface area contributed by atoms with Gasteiger partial charge in [-0.3, -0.25) is 29.4 Å². The Morgan fingerprint density at radius 1 is 1.14 bits per heavy atom. The maximum Gasteiger partial charge on any atom is 0.293 e. The van der Waals surface area contributed by atoms with Crippen LogP contribution in [0.2, 0.25) is 5.02 Å². The van der Waals surface area contributed by atoms with Gasteiger partial charge in [0.15, 0.2) is 6.61 Å². The summed E-state index contributed by atoms with van der Waals surface area (Å²) in [5.41, 5.74) is 2.56. The van der Waals surface area contributed by atoms with Gasteiger partial charge in [-0.05, 0) is 66.2 Å². The van der Waals surface area contributed by atoms with Gasteiger partial charge in [0.25, 0.3) is 22.7 Å². The molecule has 1 aliphatic rings. The molecule has 1 aliphatic heterocycles. The minimum absolute atomic E-state index is 0.0297. The monoisotopic (exact) mass is 537 g/mol. The minimum atomic E-state index is -0.524. The molecule has 11 heteroatoms. The summed E-state index contributed by atoms with van der Waals surface area (Å²) in [5, 5.41) is 13.5. The third-order valence-electron chi connectivity index (χ3n) is 5.28. The van der Waals surface area contributed by atoms with Gasteiger partial charge >= 0.3 is 0 Å². The van der Waals surface area contributed by atoms with E-state index >= 15 is 0 Å². The number of benzene rings is 3. The first-order chi connectivity index (χ1) is 17.7. The lowest BCUT2D eigenvalue weighted by atomic mass is 10.1. The Balaban J connectivity index is 1.47. The van der Waals surface area contributed by atoms with E-state index in [0.717, 1.165) is 22.2 Å². The SMILES string of the molecule is Cc1cccc(NC(=O)COc2ccc(Cl)cc2/C=C2\SC(=O)N(Cc3ccc([N+](=O)[O-])cc3)C2=O)c1. The molecule has 0 saturated carbocycles. The number of amides is 3. The maximum absolute atomic E-state index is 13.0. The number of ether oxygens (including phenoxy) is 1. The van der Waals surface area contributed by atoms with Crippen molar-refractivity contribution in [3.8, 4) is 5.75 Å². The smallest absolute Gasteiger partial charge is 0.293 e. The molecule has 1 N–H and O–H groups in total. The van der Waals surface area contributed by atoms with Gasteiger partial charge in [0.1, 0.15) is 5.75 Å². The number of nitro benzene ring substituents is 1. The van der Waals surface area contributed by atoms with Gasteiger partial charge in [-0.25, -0.2) is 0 Å². The molecule has 0 spiro atoms. The Labute approximate surface area is 221 Å². The number of hydrogen-bond donors (Lipinski definition) is 1. The fourth-order valence-corrected chi connectivity index (χ4v) is 4.52. The van der Waals surface area contributed by atoms with Crippen molar-refractivity contribution in [2.45, 2.75) is 13.5 Å². The van der Waals surface area contributed by atoms with Crippen LogP contribution in [0.5, 0.6) is 5.75 Å². The van der Waals surface area contributed by atoms with Crippen molar-refractivity contribution in [3.63, 3.8) is 0 Å². The molecular weight excluding hydrogens is 518 g/mol. The van der Waals surface area contributed by atoms with Crippen LogP contribution in [0.3, 0.4) is 0 Å². The summed E-state index contributed by atoms with van der Waals surface area (Å²) in [6.45, 7) is 1.61. The highest BCUT2D eigenvalue weighted by Crippen LogP contribution is 2.35. The number of hydrogen-bond acceptors (Lipinski definition) is 7. The molecule has 0 atom stereocenters. The summed E-state index contributed by atoms with van der Waals surface area (Å²) < 4.78 is 5.69. The van der Waals surface area contributed by atoms with Gasteiger partial charge in [0, 0.05) is 28.4 Å². The molecule has 0 aromatic heterocycles. The quantitative estimate of drug-likeness (QED) is 0.219. The molecule has 3 aromatic carbocycles. The highest BCUT2D eigenvalue weighted by Gasteiger charge is 2.35. The normalized spacial score (nSPS) is 14.2. The summed E-state index contributed by atoms with van der Waals surface area (Å²) in [6, 6.07) is 17.7. The van der Waals surface area contributed by atoms with E-state index in [4.69, 9.17) is 16.3 Å². The first-order valence-corrected chi connectivity index (χ1v) is 12.2. The van der Waals surface area contributed by atoms with E-state index in [9.17, 15) is 24.5 Å². The number of non-ortho nitro benzene ring substituents is 1. The average molecular weight is 538 g/mol. The molecule has 1 fully saturated rings. The van der Waals surface area contributed by atoms with Gasteiger partial charge in [0.2, 0.25) is 0 Å². The van der Waals surface area contributed by atoms with Gasteiger partial charge in [-0.1, -0.05) is 35.9 Å². The number of rotatable bonds is 8. The molecule has 9 nitrogen and oxygen atoms in total. The fraction of sp³-hybridized carbons (Fsp3) is 0.115. The molecule has 3 amide bonds. The number of anilines is 1. The van der Waals surface area contributed by atoms with Crippen molar-refractivity contribution in [3.05, 3.63) is 103 Å². The van der Waals surface area contributed by atoms with Crippen molar-refractivity contribution >= 4 is 57.9 Å². The zero-order valence-electron chi connectivity index (χ0n) is 19.5. The first-order valence-electron chi connectivity index (χ1n) is 11.0. The van der Waals surface area contributed by atoms with Crippen molar-refractivity contribution in [2.24, 2.45) is 0 Å². The van der Waals surface area contributed by atoms with Crippen molar-refractivity contribution in [1.82, 2.24) is 4.90 Å². The number of thioether (sulfide) groups is 1. The molecule has 0 radical (unpaired) electrons. The van der Waals surface area contributed by atoms with Crippen LogP contribution < -0.4 is 10.1 Å². The standard InChI is InChI=1S/C26H20ClN3O6S/c1-16-3-2-4-20(11-16)28-24(31)15-36-22-10-7-19(27)12-18(22)13-23-25(32)29(26(33)37-23)14-17-5-8-21(9-6-17)30(34)35/h2-13H,14-15H2,1H3,(H,28,31)/b23-13-. The van der Waals surface area contributed by atoms with Gasteiger partial charge < -0.3 is 10.1 Å². The second kappa shape index (κ2) is 11.3. The molecule has 1 heterocycles. The molecule has 1 saturated heterocycles. The highest BCUT2D eigenvalue weighted by molar-refractivity contribution is 8.18. The molecule has 37 heavy (non-hydrogen) atoms. The second-order valence-corrected chi connectivity index (χ2v) is 9.51. The Kier molecular flexibility index (Phi) is 7.90. The predicted octanol–water partition coefficient (Wildman–Crippen LogP) is 5.81. The Hall–Kier alpha value is -4.15. The number of halogens is 1. The second-order valence-electron chi connectivity index (χ2n) is 8.08. The van der Waals surface area contributed by atoms with E-state index < -0.39 is 16.1 Å². The van der Waals surface area contributed by atoms with E-state index in [1.807, 2.05) is 25.1 Å². The van der Waals surface area contributed by atoms with Crippen LogP contribution in [-0.2, 0) is 16.1 Å².